The van der Waals surface area contributed by atoms with E-state index in [2.05, 4.69) is 5.32 Å². The second-order valence-corrected chi connectivity index (χ2v) is 5.53. The average Bonchev–Trinajstić information content (AvgIpc) is 2.35. The minimum Gasteiger partial charge on any atom is -0.376 e. The summed E-state index contributed by atoms with van der Waals surface area (Å²) in [7, 11) is 0. The Morgan fingerprint density at radius 3 is 2.45 bits per heavy atom. The molecule has 3 N–H and O–H groups in total. The van der Waals surface area contributed by atoms with Crippen molar-refractivity contribution in [2.75, 3.05) is 13.2 Å². The lowest BCUT2D eigenvalue weighted by molar-refractivity contribution is -0.138. The standard InChI is InChI=1S/C14H17ClN2O3/c15-11-4-1-10(2-5-11)3-6-13(19)17-14(7-12(16)18)8-20-9-14/h1-2,4-5H,3,6-9H2,(H2,16,18)(H,17,19). The van der Waals surface area contributed by atoms with Crippen LogP contribution in [0.2, 0.25) is 5.02 Å². The highest BCUT2D eigenvalue weighted by molar-refractivity contribution is 6.30. The molecule has 1 saturated heterocycles. The van der Waals surface area contributed by atoms with Crippen molar-refractivity contribution in [3.8, 4) is 0 Å². The van der Waals surface area contributed by atoms with E-state index in [0.29, 0.717) is 31.1 Å². The minimum atomic E-state index is -0.608. The van der Waals surface area contributed by atoms with Gasteiger partial charge in [-0.25, -0.2) is 0 Å². The Morgan fingerprint density at radius 1 is 1.30 bits per heavy atom. The van der Waals surface area contributed by atoms with Crippen molar-refractivity contribution in [1.29, 1.82) is 0 Å². The molecule has 0 saturated carbocycles. The Balaban J connectivity index is 1.83. The van der Waals surface area contributed by atoms with Gasteiger partial charge in [-0.3, -0.25) is 9.59 Å². The molecule has 20 heavy (non-hydrogen) atoms. The number of benzene rings is 1. The largest absolute Gasteiger partial charge is 0.376 e. The molecule has 1 aromatic rings. The molecule has 0 radical (unpaired) electrons. The highest BCUT2D eigenvalue weighted by atomic mass is 35.5. The first-order valence-corrected chi connectivity index (χ1v) is 6.78. The first-order chi connectivity index (χ1) is 9.49. The van der Waals surface area contributed by atoms with Crippen LogP contribution in [0.15, 0.2) is 24.3 Å². The topological polar surface area (TPSA) is 81.4 Å². The molecule has 0 bridgehead atoms. The van der Waals surface area contributed by atoms with E-state index in [0.717, 1.165) is 5.56 Å². The number of aryl methyl sites for hydroxylation is 1. The van der Waals surface area contributed by atoms with Crippen molar-refractivity contribution in [1.82, 2.24) is 5.32 Å². The van der Waals surface area contributed by atoms with Crippen LogP contribution in [-0.2, 0) is 20.7 Å². The smallest absolute Gasteiger partial charge is 0.220 e. The summed E-state index contributed by atoms with van der Waals surface area (Å²) >= 11 is 5.80. The zero-order valence-electron chi connectivity index (χ0n) is 11.0. The van der Waals surface area contributed by atoms with Gasteiger partial charge in [-0.15, -0.1) is 0 Å². The fourth-order valence-corrected chi connectivity index (χ4v) is 2.29. The van der Waals surface area contributed by atoms with E-state index < -0.39 is 11.4 Å². The van der Waals surface area contributed by atoms with Crippen LogP contribution in [0.5, 0.6) is 0 Å². The molecule has 0 atom stereocenters. The average molecular weight is 297 g/mol. The van der Waals surface area contributed by atoms with Crippen LogP contribution in [0.3, 0.4) is 0 Å². The molecule has 6 heteroatoms. The van der Waals surface area contributed by atoms with E-state index >= 15 is 0 Å². The van der Waals surface area contributed by atoms with Gasteiger partial charge < -0.3 is 15.8 Å². The summed E-state index contributed by atoms with van der Waals surface area (Å²) in [4.78, 5) is 22.9. The summed E-state index contributed by atoms with van der Waals surface area (Å²) in [6.07, 6.45) is 1.08. The van der Waals surface area contributed by atoms with E-state index in [4.69, 9.17) is 22.1 Å². The molecule has 108 valence electrons. The number of halogens is 1. The lowest BCUT2D eigenvalue weighted by atomic mass is 9.92. The first kappa shape index (κ1) is 14.8. The summed E-state index contributed by atoms with van der Waals surface area (Å²) in [5.74, 6) is -0.546. The summed E-state index contributed by atoms with van der Waals surface area (Å²) in [5, 5.41) is 3.52. The molecule has 0 aliphatic carbocycles. The monoisotopic (exact) mass is 296 g/mol. The van der Waals surface area contributed by atoms with Gasteiger partial charge in [-0.1, -0.05) is 23.7 Å². The van der Waals surface area contributed by atoms with Gasteiger partial charge in [0.15, 0.2) is 0 Å². The Morgan fingerprint density at radius 2 is 1.95 bits per heavy atom. The van der Waals surface area contributed by atoms with Crippen LogP contribution in [-0.4, -0.2) is 30.6 Å². The van der Waals surface area contributed by atoms with Gasteiger partial charge in [0.2, 0.25) is 11.8 Å². The van der Waals surface area contributed by atoms with Crippen LogP contribution in [0.25, 0.3) is 0 Å². The van der Waals surface area contributed by atoms with E-state index in [1.165, 1.54) is 0 Å². The number of carbonyl (C=O) groups is 2. The van der Waals surface area contributed by atoms with E-state index in [1.807, 2.05) is 12.1 Å². The number of amides is 2. The van der Waals surface area contributed by atoms with Gasteiger partial charge in [-0.05, 0) is 24.1 Å². The molecule has 1 heterocycles. The van der Waals surface area contributed by atoms with E-state index in [1.54, 1.807) is 12.1 Å². The van der Waals surface area contributed by atoms with Crippen LogP contribution >= 0.6 is 11.6 Å². The number of ether oxygens (including phenoxy) is 1. The van der Waals surface area contributed by atoms with Gasteiger partial charge >= 0.3 is 0 Å². The highest BCUT2D eigenvalue weighted by Gasteiger charge is 2.41. The molecule has 5 nitrogen and oxygen atoms in total. The van der Waals surface area contributed by atoms with E-state index in [-0.39, 0.29) is 12.3 Å². The fraction of sp³-hybridized carbons (Fsp3) is 0.429. The van der Waals surface area contributed by atoms with Crippen LogP contribution in [0.1, 0.15) is 18.4 Å². The number of nitrogens with one attached hydrogen (secondary N) is 1. The normalized spacial score (nSPS) is 16.2. The predicted octanol–water partition coefficient (Wildman–Crippen LogP) is 1.03. The summed E-state index contributed by atoms with van der Waals surface area (Å²) < 4.78 is 5.08. The summed E-state index contributed by atoms with van der Waals surface area (Å²) in [6, 6.07) is 7.37. The molecule has 1 aromatic carbocycles. The third-order valence-electron chi connectivity index (χ3n) is 3.23. The maximum absolute atomic E-state index is 11.9. The number of carbonyl (C=O) groups excluding carboxylic acids is 2. The number of hydrogen-bond acceptors (Lipinski definition) is 3. The maximum Gasteiger partial charge on any atom is 0.220 e. The Bertz CT molecular complexity index is 498. The molecule has 1 aliphatic heterocycles. The Hall–Kier alpha value is -1.59. The molecule has 0 aromatic heterocycles. The summed E-state index contributed by atoms with van der Waals surface area (Å²) in [5.41, 5.74) is 5.62. The van der Waals surface area contributed by atoms with Gasteiger partial charge in [0.25, 0.3) is 0 Å². The van der Waals surface area contributed by atoms with Crippen molar-refractivity contribution in [2.24, 2.45) is 5.73 Å². The number of nitrogens with two attached hydrogens (primary N) is 1. The van der Waals surface area contributed by atoms with Crippen LogP contribution in [0, 0.1) is 0 Å². The van der Waals surface area contributed by atoms with Crippen molar-refractivity contribution >= 4 is 23.4 Å². The van der Waals surface area contributed by atoms with Gasteiger partial charge in [-0.2, -0.15) is 0 Å². The fourth-order valence-electron chi connectivity index (χ4n) is 2.17. The molecular weight excluding hydrogens is 280 g/mol. The van der Waals surface area contributed by atoms with Gasteiger partial charge in [0.05, 0.1) is 25.2 Å². The maximum atomic E-state index is 11.9. The second kappa shape index (κ2) is 6.24. The molecular formula is C14H17ClN2O3. The molecule has 0 spiro atoms. The van der Waals surface area contributed by atoms with Crippen molar-refractivity contribution in [3.63, 3.8) is 0 Å². The van der Waals surface area contributed by atoms with Crippen molar-refractivity contribution < 1.29 is 14.3 Å². The van der Waals surface area contributed by atoms with Gasteiger partial charge in [0, 0.05) is 11.4 Å². The highest BCUT2D eigenvalue weighted by Crippen LogP contribution is 2.21. The SMILES string of the molecule is NC(=O)CC1(NC(=O)CCc2ccc(Cl)cc2)COC1. The number of rotatable bonds is 6. The lowest BCUT2D eigenvalue weighted by Crippen LogP contribution is -2.63. The van der Waals surface area contributed by atoms with Gasteiger partial charge in [0.1, 0.15) is 0 Å². The van der Waals surface area contributed by atoms with Crippen molar-refractivity contribution in [2.45, 2.75) is 24.8 Å². The van der Waals surface area contributed by atoms with Crippen LogP contribution < -0.4 is 11.1 Å². The quantitative estimate of drug-likeness (QED) is 0.823. The minimum absolute atomic E-state index is 0.107. The second-order valence-electron chi connectivity index (χ2n) is 5.09. The lowest BCUT2D eigenvalue weighted by Gasteiger charge is -2.41. The zero-order valence-corrected chi connectivity index (χ0v) is 11.8. The molecule has 0 unspecified atom stereocenters. The predicted molar refractivity (Wildman–Crippen MR) is 75.3 cm³/mol. The summed E-state index contributed by atoms with van der Waals surface area (Å²) in [6.45, 7) is 0.672. The van der Waals surface area contributed by atoms with Crippen molar-refractivity contribution in [3.05, 3.63) is 34.9 Å². The Labute approximate surface area is 122 Å². The Kier molecular flexibility index (Phi) is 4.62. The molecule has 2 rings (SSSR count). The molecule has 1 fully saturated rings. The van der Waals surface area contributed by atoms with Crippen LogP contribution in [0.4, 0.5) is 0 Å². The molecule has 1 aliphatic rings. The molecule has 2 amide bonds. The zero-order chi connectivity index (χ0) is 14.6. The first-order valence-electron chi connectivity index (χ1n) is 6.41. The third-order valence-corrected chi connectivity index (χ3v) is 3.48. The number of hydrogen-bond donors (Lipinski definition) is 2. The number of primary amides is 1. The third kappa shape index (κ3) is 3.95. The van der Waals surface area contributed by atoms with E-state index in [9.17, 15) is 9.59 Å².